The minimum atomic E-state index is -0.629. The highest BCUT2D eigenvalue weighted by Gasteiger charge is 2.19. The summed E-state index contributed by atoms with van der Waals surface area (Å²) in [5, 5.41) is 11.5. The van der Waals surface area contributed by atoms with Crippen molar-refractivity contribution in [3.8, 4) is 0 Å². The Morgan fingerprint density at radius 1 is 1.21 bits per heavy atom. The van der Waals surface area contributed by atoms with Crippen LogP contribution in [0.25, 0.3) is 10.1 Å². The van der Waals surface area contributed by atoms with Gasteiger partial charge < -0.3 is 14.0 Å². The normalized spacial score (nSPS) is 11.0. The zero-order chi connectivity index (χ0) is 21.1. The Hall–Kier alpha value is -3.04. The number of ether oxygens (including phenoxy) is 2. The van der Waals surface area contributed by atoms with Crippen LogP contribution in [-0.4, -0.2) is 41.6 Å². The van der Waals surface area contributed by atoms with Crippen molar-refractivity contribution >= 4 is 38.9 Å². The fourth-order valence-corrected chi connectivity index (χ4v) is 4.07. The summed E-state index contributed by atoms with van der Waals surface area (Å²) in [6, 6.07) is 7.70. The van der Waals surface area contributed by atoms with E-state index >= 15 is 0 Å². The number of ketones is 1. The second kappa shape index (κ2) is 8.54. The number of nitro benzene ring substituents is 1. The second-order valence-corrected chi connectivity index (χ2v) is 7.60. The van der Waals surface area contributed by atoms with Gasteiger partial charge in [-0.2, -0.15) is 0 Å². The lowest BCUT2D eigenvalue weighted by molar-refractivity contribution is -0.384. The molecule has 29 heavy (non-hydrogen) atoms. The van der Waals surface area contributed by atoms with E-state index in [4.69, 9.17) is 9.47 Å². The van der Waals surface area contributed by atoms with Crippen LogP contribution in [0, 0.1) is 24.0 Å². The van der Waals surface area contributed by atoms with Crippen molar-refractivity contribution in [1.82, 2.24) is 4.57 Å². The molecule has 3 rings (SSSR count). The smallest absolute Gasteiger partial charge is 0.348 e. The molecule has 0 atom stereocenters. The SMILES string of the molecule is COCCn1c(C)cc(C(=O)COC(=O)c2cc3cc([N+](=O)[O-])ccc3s2)c1C. The van der Waals surface area contributed by atoms with Crippen LogP contribution in [0.1, 0.15) is 31.4 Å². The number of methoxy groups -OCH3 is 1. The van der Waals surface area contributed by atoms with Crippen molar-refractivity contribution in [2.75, 3.05) is 20.3 Å². The van der Waals surface area contributed by atoms with Gasteiger partial charge in [0, 0.05) is 52.8 Å². The van der Waals surface area contributed by atoms with Gasteiger partial charge in [-0.25, -0.2) is 4.79 Å². The zero-order valence-corrected chi connectivity index (χ0v) is 17.1. The van der Waals surface area contributed by atoms with E-state index in [-0.39, 0.29) is 18.1 Å². The van der Waals surface area contributed by atoms with Crippen molar-refractivity contribution in [3.05, 3.63) is 62.3 Å². The lowest BCUT2D eigenvalue weighted by Gasteiger charge is -2.08. The van der Waals surface area contributed by atoms with Gasteiger partial charge in [-0.15, -0.1) is 11.3 Å². The van der Waals surface area contributed by atoms with E-state index in [1.54, 1.807) is 19.2 Å². The molecule has 0 aliphatic rings. The molecule has 0 aliphatic heterocycles. The first-order valence-corrected chi connectivity index (χ1v) is 9.67. The summed E-state index contributed by atoms with van der Waals surface area (Å²) >= 11 is 1.17. The number of nitrogens with zero attached hydrogens (tertiary/aromatic N) is 2. The molecule has 3 aromatic rings. The summed E-state index contributed by atoms with van der Waals surface area (Å²) in [5.74, 6) is -0.915. The summed E-state index contributed by atoms with van der Waals surface area (Å²) in [4.78, 5) is 35.6. The number of benzene rings is 1. The number of aryl methyl sites for hydroxylation is 1. The second-order valence-electron chi connectivity index (χ2n) is 6.52. The number of rotatable bonds is 8. The number of nitro groups is 1. The van der Waals surface area contributed by atoms with Crippen LogP contribution < -0.4 is 0 Å². The van der Waals surface area contributed by atoms with Crippen LogP contribution >= 0.6 is 11.3 Å². The molecule has 0 N–H and O–H groups in total. The van der Waals surface area contributed by atoms with Crippen molar-refractivity contribution < 1.29 is 24.0 Å². The third kappa shape index (κ3) is 4.36. The van der Waals surface area contributed by atoms with E-state index in [1.165, 1.54) is 29.5 Å². The van der Waals surface area contributed by atoms with Crippen LogP contribution in [0.4, 0.5) is 5.69 Å². The molecule has 2 aromatic heterocycles. The van der Waals surface area contributed by atoms with Crippen LogP contribution in [0.15, 0.2) is 30.3 Å². The van der Waals surface area contributed by atoms with Crippen molar-refractivity contribution in [3.63, 3.8) is 0 Å². The van der Waals surface area contributed by atoms with Crippen molar-refractivity contribution in [2.24, 2.45) is 0 Å². The summed E-state index contributed by atoms with van der Waals surface area (Å²) in [6.45, 7) is 4.54. The molecule has 0 bridgehead atoms. The van der Waals surface area contributed by atoms with E-state index in [9.17, 15) is 19.7 Å². The summed E-state index contributed by atoms with van der Waals surface area (Å²) < 4.78 is 13.0. The number of carbonyl (C=O) groups is 2. The Labute approximate surface area is 170 Å². The van der Waals surface area contributed by atoms with Gasteiger partial charge in [0.1, 0.15) is 4.88 Å². The third-order valence-corrected chi connectivity index (χ3v) is 5.74. The van der Waals surface area contributed by atoms with Gasteiger partial charge >= 0.3 is 5.97 Å². The molecule has 0 aliphatic carbocycles. The highest BCUT2D eigenvalue weighted by atomic mass is 32.1. The molecule has 0 spiro atoms. The number of esters is 1. The largest absolute Gasteiger partial charge is 0.453 e. The summed E-state index contributed by atoms with van der Waals surface area (Å²) in [7, 11) is 1.62. The van der Waals surface area contributed by atoms with E-state index in [0.29, 0.717) is 29.0 Å². The molecule has 0 fully saturated rings. The molecular formula is C20H20N2O6S. The molecule has 0 saturated carbocycles. The fraction of sp³-hybridized carbons (Fsp3) is 0.300. The Morgan fingerprint density at radius 3 is 2.66 bits per heavy atom. The topological polar surface area (TPSA) is 101 Å². The van der Waals surface area contributed by atoms with Gasteiger partial charge in [-0.05, 0) is 32.0 Å². The average molecular weight is 416 g/mol. The molecule has 0 amide bonds. The minimum Gasteiger partial charge on any atom is -0.453 e. The van der Waals surface area contributed by atoms with Crippen molar-refractivity contribution in [2.45, 2.75) is 20.4 Å². The maximum atomic E-state index is 12.5. The first-order chi connectivity index (χ1) is 13.8. The molecular weight excluding hydrogens is 396 g/mol. The van der Waals surface area contributed by atoms with Crippen LogP contribution in [0.2, 0.25) is 0 Å². The molecule has 9 heteroatoms. The van der Waals surface area contributed by atoms with Crippen LogP contribution in [-0.2, 0) is 16.0 Å². The number of Topliss-reactive ketones (excluding diaryl/α,β-unsaturated/α-hetero) is 1. The van der Waals surface area contributed by atoms with Gasteiger partial charge in [0.15, 0.2) is 6.61 Å². The molecule has 152 valence electrons. The van der Waals surface area contributed by atoms with Gasteiger partial charge in [0.05, 0.1) is 11.5 Å². The Morgan fingerprint density at radius 2 is 1.97 bits per heavy atom. The van der Waals surface area contributed by atoms with E-state index < -0.39 is 10.9 Å². The molecule has 1 aromatic carbocycles. The number of hydrogen-bond acceptors (Lipinski definition) is 7. The van der Waals surface area contributed by atoms with E-state index in [1.807, 2.05) is 18.4 Å². The predicted molar refractivity (Wildman–Crippen MR) is 109 cm³/mol. The highest BCUT2D eigenvalue weighted by Crippen LogP contribution is 2.29. The lowest BCUT2D eigenvalue weighted by Crippen LogP contribution is -2.15. The lowest BCUT2D eigenvalue weighted by atomic mass is 10.1. The highest BCUT2D eigenvalue weighted by molar-refractivity contribution is 7.20. The van der Waals surface area contributed by atoms with Gasteiger partial charge in [-0.3, -0.25) is 14.9 Å². The number of fused-ring (bicyclic) bond motifs is 1. The molecule has 0 unspecified atom stereocenters. The Bertz CT molecular complexity index is 1100. The number of thiophene rings is 1. The Kier molecular flexibility index (Phi) is 6.09. The predicted octanol–water partition coefficient (Wildman–Crippen LogP) is 3.91. The van der Waals surface area contributed by atoms with Gasteiger partial charge in [0.2, 0.25) is 5.78 Å². The standard InChI is InChI=1S/C20H20N2O6S/c1-12-8-16(13(2)21(12)6-7-27-3)17(23)11-28-20(24)19-10-14-9-15(22(25)26)4-5-18(14)29-19/h4-5,8-10H,6-7,11H2,1-3H3. The first kappa shape index (κ1) is 20.7. The Balaban J connectivity index is 1.70. The molecule has 0 saturated heterocycles. The van der Waals surface area contributed by atoms with E-state index in [0.717, 1.165) is 16.1 Å². The van der Waals surface area contributed by atoms with Gasteiger partial charge in [-0.1, -0.05) is 0 Å². The van der Waals surface area contributed by atoms with Crippen LogP contribution in [0.3, 0.4) is 0 Å². The molecule has 8 nitrogen and oxygen atoms in total. The number of non-ortho nitro benzene ring substituents is 1. The van der Waals surface area contributed by atoms with Crippen molar-refractivity contribution in [1.29, 1.82) is 0 Å². The maximum absolute atomic E-state index is 12.5. The number of aromatic nitrogens is 1. The fourth-order valence-electron chi connectivity index (χ4n) is 3.13. The number of carbonyl (C=O) groups excluding carboxylic acids is 2. The number of hydrogen-bond donors (Lipinski definition) is 0. The minimum absolute atomic E-state index is 0.0470. The van der Waals surface area contributed by atoms with Gasteiger partial charge in [0.25, 0.3) is 5.69 Å². The average Bonchev–Trinajstić information content (AvgIpc) is 3.24. The quantitative estimate of drug-likeness (QED) is 0.239. The third-order valence-electron chi connectivity index (χ3n) is 4.64. The molecule has 0 radical (unpaired) electrons. The van der Waals surface area contributed by atoms with E-state index in [2.05, 4.69) is 0 Å². The first-order valence-electron chi connectivity index (χ1n) is 8.85. The zero-order valence-electron chi connectivity index (χ0n) is 16.3. The van der Waals surface area contributed by atoms with Crippen LogP contribution in [0.5, 0.6) is 0 Å². The summed E-state index contributed by atoms with van der Waals surface area (Å²) in [5.41, 5.74) is 2.20. The molecule has 2 heterocycles. The monoisotopic (exact) mass is 416 g/mol. The maximum Gasteiger partial charge on any atom is 0.348 e. The summed E-state index contributed by atoms with van der Waals surface area (Å²) in [6.07, 6.45) is 0.